The summed E-state index contributed by atoms with van der Waals surface area (Å²) in [5, 5.41) is 7.24. The van der Waals surface area contributed by atoms with Crippen molar-refractivity contribution < 1.29 is 14.1 Å². The van der Waals surface area contributed by atoms with E-state index in [0.717, 1.165) is 51.4 Å². The lowest BCUT2D eigenvalue weighted by Crippen LogP contribution is -2.52. The van der Waals surface area contributed by atoms with Crippen molar-refractivity contribution in [2.24, 2.45) is 0 Å². The van der Waals surface area contributed by atoms with Crippen LogP contribution >= 0.6 is 0 Å². The van der Waals surface area contributed by atoms with Crippen LogP contribution < -0.4 is 5.32 Å². The van der Waals surface area contributed by atoms with Crippen LogP contribution in [0, 0.1) is 0 Å². The standard InChI is InChI=1S/C15H25N5O3/c1-3-14-17-13(18-23-14)10-19-4-6-20(7-5-19)15(21)12-8-11(22-2)9-16-12/h11-12,16H,3-10H2,1-2H3/t11-,12-/m0/s1. The van der Waals surface area contributed by atoms with Gasteiger partial charge >= 0.3 is 0 Å². The monoisotopic (exact) mass is 323 g/mol. The van der Waals surface area contributed by atoms with Crippen molar-refractivity contribution in [3.63, 3.8) is 0 Å². The number of amides is 1. The highest BCUT2D eigenvalue weighted by Gasteiger charge is 2.33. The third kappa shape index (κ3) is 3.88. The molecule has 2 aliphatic rings. The zero-order valence-corrected chi connectivity index (χ0v) is 13.8. The molecule has 1 aromatic rings. The maximum atomic E-state index is 12.5. The Morgan fingerprint density at radius 1 is 1.39 bits per heavy atom. The first-order chi connectivity index (χ1) is 11.2. The zero-order valence-electron chi connectivity index (χ0n) is 13.8. The number of piperazine rings is 1. The number of hydrogen-bond acceptors (Lipinski definition) is 7. The van der Waals surface area contributed by atoms with Crippen LogP contribution in [0.25, 0.3) is 0 Å². The van der Waals surface area contributed by atoms with Crippen LogP contribution in [-0.4, -0.2) is 77.8 Å². The minimum atomic E-state index is -0.101. The van der Waals surface area contributed by atoms with Crippen molar-refractivity contribution in [3.05, 3.63) is 11.7 Å². The SMILES string of the molecule is CCc1nc(CN2CCN(C(=O)[C@@H]3C[C@H](OC)CN3)CC2)no1. The van der Waals surface area contributed by atoms with E-state index in [1.54, 1.807) is 7.11 Å². The number of nitrogens with zero attached hydrogens (tertiary/aromatic N) is 4. The molecule has 0 spiro atoms. The summed E-state index contributed by atoms with van der Waals surface area (Å²) in [7, 11) is 1.69. The van der Waals surface area contributed by atoms with Gasteiger partial charge in [-0.05, 0) is 6.42 Å². The molecule has 3 heterocycles. The summed E-state index contributed by atoms with van der Waals surface area (Å²) >= 11 is 0. The molecule has 0 bridgehead atoms. The van der Waals surface area contributed by atoms with Crippen LogP contribution in [0.5, 0.6) is 0 Å². The molecule has 8 nitrogen and oxygen atoms in total. The fourth-order valence-corrected chi connectivity index (χ4v) is 3.12. The summed E-state index contributed by atoms with van der Waals surface area (Å²) in [5.74, 6) is 1.59. The summed E-state index contributed by atoms with van der Waals surface area (Å²) in [6, 6.07) is -0.101. The summed E-state index contributed by atoms with van der Waals surface area (Å²) < 4.78 is 10.4. The molecule has 2 saturated heterocycles. The van der Waals surface area contributed by atoms with Crippen molar-refractivity contribution >= 4 is 5.91 Å². The molecule has 2 aliphatic heterocycles. The number of ether oxygens (including phenoxy) is 1. The number of carbonyl (C=O) groups is 1. The Labute approximate surface area is 136 Å². The van der Waals surface area contributed by atoms with Gasteiger partial charge in [0.2, 0.25) is 11.8 Å². The maximum absolute atomic E-state index is 12.5. The largest absolute Gasteiger partial charge is 0.380 e. The van der Waals surface area contributed by atoms with Crippen molar-refractivity contribution in [1.29, 1.82) is 0 Å². The Bertz CT molecular complexity index is 527. The van der Waals surface area contributed by atoms with Crippen LogP contribution in [0.1, 0.15) is 25.1 Å². The summed E-state index contributed by atoms with van der Waals surface area (Å²) in [6.45, 7) is 6.58. The van der Waals surface area contributed by atoms with Crippen LogP contribution in [0.2, 0.25) is 0 Å². The van der Waals surface area contributed by atoms with Gasteiger partial charge in [0.1, 0.15) is 0 Å². The Morgan fingerprint density at radius 2 is 2.17 bits per heavy atom. The summed E-state index contributed by atoms with van der Waals surface area (Å²) in [5.41, 5.74) is 0. The number of nitrogens with one attached hydrogen (secondary N) is 1. The molecule has 0 aliphatic carbocycles. The lowest BCUT2D eigenvalue weighted by Gasteiger charge is -2.35. The molecule has 2 fully saturated rings. The Hall–Kier alpha value is -1.51. The average Bonchev–Trinajstić information content (AvgIpc) is 3.24. The molecule has 2 atom stereocenters. The van der Waals surface area contributed by atoms with Crippen LogP contribution in [0.3, 0.4) is 0 Å². The number of aromatic nitrogens is 2. The van der Waals surface area contributed by atoms with E-state index >= 15 is 0 Å². The molecule has 23 heavy (non-hydrogen) atoms. The molecule has 128 valence electrons. The second-order valence-electron chi connectivity index (χ2n) is 6.11. The second-order valence-corrected chi connectivity index (χ2v) is 6.11. The lowest BCUT2D eigenvalue weighted by molar-refractivity contribution is -0.135. The van der Waals surface area contributed by atoms with Gasteiger partial charge in [-0.15, -0.1) is 0 Å². The van der Waals surface area contributed by atoms with Crippen LogP contribution in [0.15, 0.2) is 4.52 Å². The van der Waals surface area contributed by atoms with E-state index in [-0.39, 0.29) is 18.1 Å². The normalized spacial score (nSPS) is 25.9. The van der Waals surface area contributed by atoms with Crippen molar-refractivity contribution in [2.45, 2.75) is 38.5 Å². The number of rotatable bonds is 5. The Balaban J connectivity index is 1.45. The van der Waals surface area contributed by atoms with Crippen molar-refractivity contribution in [2.75, 3.05) is 39.8 Å². The van der Waals surface area contributed by atoms with E-state index in [1.165, 1.54) is 0 Å². The highest BCUT2D eigenvalue weighted by atomic mass is 16.5. The molecular weight excluding hydrogens is 298 g/mol. The topological polar surface area (TPSA) is 83.7 Å². The molecular formula is C15H25N5O3. The summed E-state index contributed by atoms with van der Waals surface area (Å²) in [4.78, 5) is 21.1. The molecule has 8 heteroatoms. The van der Waals surface area contributed by atoms with E-state index in [1.807, 2.05) is 11.8 Å². The van der Waals surface area contributed by atoms with Crippen LogP contribution in [0.4, 0.5) is 0 Å². The fraction of sp³-hybridized carbons (Fsp3) is 0.800. The Kier molecular flexibility index (Phi) is 5.24. The van der Waals surface area contributed by atoms with Gasteiger partial charge in [-0.25, -0.2) is 0 Å². The van der Waals surface area contributed by atoms with E-state index in [4.69, 9.17) is 9.26 Å². The fourth-order valence-electron chi connectivity index (χ4n) is 3.12. The van der Waals surface area contributed by atoms with Crippen molar-refractivity contribution in [3.8, 4) is 0 Å². The van der Waals surface area contributed by atoms with Gasteiger partial charge in [-0.1, -0.05) is 12.1 Å². The highest BCUT2D eigenvalue weighted by molar-refractivity contribution is 5.82. The van der Waals surface area contributed by atoms with E-state index in [2.05, 4.69) is 20.4 Å². The quantitative estimate of drug-likeness (QED) is 0.793. The third-order valence-electron chi connectivity index (χ3n) is 4.58. The van der Waals surface area contributed by atoms with Gasteiger partial charge in [0, 0.05) is 46.3 Å². The second kappa shape index (κ2) is 7.37. The smallest absolute Gasteiger partial charge is 0.239 e. The van der Waals surface area contributed by atoms with Gasteiger partial charge in [-0.2, -0.15) is 4.98 Å². The predicted octanol–water partition coefficient (Wildman–Crippen LogP) is -0.347. The molecule has 0 unspecified atom stereocenters. The van der Waals surface area contributed by atoms with Gasteiger partial charge in [0.15, 0.2) is 5.82 Å². The molecule has 0 saturated carbocycles. The number of methoxy groups -OCH3 is 1. The molecule has 1 aromatic heterocycles. The number of hydrogen-bond donors (Lipinski definition) is 1. The summed E-state index contributed by atoms with van der Waals surface area (Å²) in [6.07, 6.45) is 1.67. The molecule has 3 rings (SSSR count). The van der Waals surface area contributed by atoms with Gasteiger partial charge in [-0.3, -0.25) is 9.69 Å². The Morgan fingerprint density at radius 3 is 2.78 bits per heavy atom. The van der Waals surface area contributed by atoms with Crippen LogP contribution in [-0.2, 0) is 22.5 Å². The molecule has 0 radical (unpaired) electrons. The first-order valence-electron chi connectivity index (χ1n) is 8.28. The van der Waals surface area contributed by atoms with E-state index in [9.17, 15) is 4.79 Å². The molecule has 1 N–H and O–H groups in total. The minimum absolute atomic E-state index is 0.101. The lowest BCUT2D eigenvalue weighted by atomic mass is 10.1. The average molecular weight is 323 g/mol. The molecule has 1 amide bonds. The van der Waals surface area contributed by atoms with E-state index < -0.39 is 0 Å². The first-order valence-corrected chi connectivity index (χ1v) is 8.28. The third-order valence-corrected chi connectivity index (χ3v) is 4.58. The van der Waals surface area contributed by atoms with Crippen molar-refractivity contribution in [1.82, 2.24) is 25.3 Å². The number of aryl methyl sites for hydroxylation is 1. The number of carbonyl (C=O) groups excluding carboxylic acids is 1. The zero-order chi connectivity index (χ0) is 16.2. The minimum Gasteiger partial charge on any atom is -0.380 e. The van der Waals surface area contributed by atoms with Gasteiger partial charge < -0.3 is 19.5 Å². The highest BCUT2D eigenvalue weighted by Crippen LogP contribution is 2.14. The van der Waals surface area contributed by atoms with E-state index in [0.29, 0.717) is 12.4 Å². The first kappa shape index (κ1) is 16.4. The van der Waals surface area contributed by atoms with Gasteiger partial charge in [0.05, 0.1) is 18.7 Å². The molecule has 0 aromatic carbocycles. The predicted molar refractivity (Wildman–Crippen MR) is 82.7 cm³/mol. The van der Waals surface area contributed by atoms with Gasteiger partial charge in [0.25, 0.3) is 0 Å². The maximum Gasteiger partial charge on any atom is 0.239 e.